The smallest absolute Gasteiger partial charge is 0.300 e. The van der Waals surface area contributed by atoms with Gasteiger partial charge >= 0.3 is 5.91 Å². The number of hydrazine groups is 1. The number of amides is 1. The Labute approximate surface area is 106 Å². The maximum absolute atomic E-state index is 11.1. The summed E-state index contributed by atoms with van der Waals surface area (Å²) in [5, 5.41) is 0. The molecule has 0 atom stereocenters. The zero-order chi connectivity index (χ0) is 13.8. The van der Waals surface area contributed by atoms with Gasteiger partial charge < -0.3 is 4.42 Å². The number of hydrogen-bond donors (Lipinski definition) is 2. The molecule has 7 nitrogen and oxygen atoms in total. The van der Waals surface area contributed by atoms with Crippen LogP contribution in [0.4, 0.5) is 0 Å². The van der Waals surface area contributed by atoms with Crippen LogP contribution in [0, 0.1) is 0 Å². The molecule has 0 saturated carbocycles. The summed E-state index contributed by atoms with van der Waals surface area (Å²) < 4.78 is 27.3. The molecule has 0 spiro atoms. The molecule has 1 heterocycles. The number of carbonyl (C=O) groups excluding carboxylic acids is 1. The molecule has 0 radical (unpaired) electrons. The van der Waals surface area contributed by atoms with Gasteiger partial charge in [0, 0.05) is 12.8 Å². The van der Waals surface area contributed by atoms with E-state index in [2.05, 4.69) is 0 Å². The van der Waals surface area contributed by atoms with Crippen molar-refractivity contribution in [2.24, 2.45) is 5.84 Å². The molecule has 3 N–H and O–H groups in total. The summed E-state index contributed by atoms with van der Waals surface area (Å²) >= 11 is 0. The third-order valence-corrected chi connectivity index (χ3v) is 3.21. The lowest BCUT2D eigenvalue weighted by atomic mass is 10.4. The van der Waals surface area contributed by atoms with Crippen molar-refractivity contribution >= 4 is 15.7 Å². The summed E-state index contributed by atoms with van der Waals surface area (Å²) in [7, 11) is -1.20. The summed E-state index contributed by atoms with van der Waals surface area (Å²) in [4.78, 5) is 12.9. The van der Waals surface area contributed by atoms with E-state index in [0.29, 0.717) is 18.8 Å². The van der Waals surface area contributed by atoms with Gasteiger partial charge in [-0.15, -0.1) is 0 Å². The standard InChI is InChI=1S/C10H17N3O4S/c1-13(5-6-18(2,15)16)7-8-3-4-9(17-8)10(14)12-11/h3-4H,5-7,11H2,1-2H3,(H,12,14). The molecule has 0 aliphatic rings. The maximum atomic E-state index is 11.1. The van der Waals surface area contributed by atoms with Crippen molar-refractivity contribution in [2.45, 2.75) is 6.54 Å². The first kappa shape index (κ1) is 14.7. The Morgan fingerprint density at radius 1 is 1.50 bits per heavy atom. The van der Waals surface area contributed by atoms with Gasteiger partial charge in [-0.2, -0.15) is 0 Å². The molecule has 18 heavy (non-hydrogen) atoms. The molecule has 0 aliphatic heterocycles. The molecule has 1 amide bonds. The number of sulfone groups is 1. The lowest BCUT2D eigenvalue weighted by Gasteiger charge is -2.13. The van der Waals surface area contributed by atoms with E-state index in [9.17, 15) is 13.2 Å². The van der Waals surface area contributed by atoms with E-state index in [1.807, 2.05) is 5.43 Å². The van der Waals surface area contributed by atoms with Gasteiger partial charge in [0.25, 0.3) is 0 Å². The summed E-state index contributed by atoms with van der Waals surface area (Å²) in [6, 6.07) is 3.17. The molecule has 0 unspecified atom stereocenters. The molecule has 1 aromatic rings. The molecule has 0 fully saturated rings. The fourth-order valence-corrected chi connectivity index (χ4v) is 1.97. The van der Waals surface area contributed by atoms with Gasteiger partial charge in [0.1, 0.15) is 15.6 Å². The van der Waals surface area contributed by atoms with Crippen LogP contribution in [-0.4, -0.2) is 44.8 Å². The first-order valence-electron chi connectivity index (χ1n) is 5.28. The Kier molecular flexibility index (Phi) is 4.88. The Morgan fingerprint density at radius 2 is 2.17 bits per heavy atom. The number of hydrogen-bond acceptors (Lipinski definition) is 6. The maximum Gasteiger partial charge on any atom is 0.300 e. The van der Waals surface area contributed by atoms with Crippen LogP contribution in [0.25, 0.3) is 0 Å². The second kappa shape index (κ2) is 5.98. The van der Waals surface area contributed by atoms with Gasteiger partial charge in [0.2, 0.25) is 0 Å². The summed E-state index contributed by atoms with van der Waals surface area (Å²) in [6.07, 6.45) is 1.19. The molecule has 0 aliphatic carbocycles. The highest BCUT2D eigenvalue weighted by Gasteiger charge is 2.11. The quantitative estimate of drug-likeness (QED) is 0.406. The van der Waals surface area contributed by atoms with E-state index in [0.717, 1.165) is 0 Å². The topological polar surface area (TPSA) is 106 Å². The van der Waals surface area contributed by atoms with Gasteiger partial charge in [0.15, 0.2) is 5.76 Å². The minimum absolute atomic E-state index is 0.0837. The lowest BCUT2D eigenvalue weighted by molar-refractivity contribution is 0.0922. The van der Waals surface area contributed by atoms with Crippen LogP contribution in [0.3, 0.4) is 0 Å². The number of nitrogens with zero attached hydrogens (tertiary/aromatic N) is 1. The fourth-order valence-electron chi connectivity index (χ4n) is 1.32. The molecule has 0 aromatic carbocycles. The number of nitrogen functional groups attached to an aromatic ring is 1. The van der Waals surface area contributed by atoms with Crippen molar-refractivity contribution in [3.05, 3.63) is 23.7 Å². The monoisotopic (exact) mass is 275 g/mol. The Bertz CT molecular complexity index is 509. The summed E-state index contributed by atoms with van der Waals surface area (Å²) in [5.74, 6) is 5.26. The van der Waals surface area contributed by atoms with E-state index >= 15 is 0 Å². The van der Waals surface area contributed by atoms with Crippen molar-refractivity contribution in [1.29, 1.82) is 0 Å². The van der Waals surface area contributed by atoms with Crippen molar-refractivity contribution < 1.29 is 17.6 Å². The van der Waals surface area contributed by atoms with E-state index in [-0.39, 0.29) is 11.5 Å². The Balaban J connectivity index is 2.52. The number of nitrogens with one attached hydrogen (secondary N) is 1. The normalized spacial score (nSPS) is 11.8. The summed E-state index contributed by atoms with van der Waals surface area (Å²) in [5.41, 5.74) is 1.97. The van der Waals surface area contributed by atoms with E-state index in [4.69, 9.17) is 10.3 Å². The van der Waals surface area contributed by atoms with Crippen LogP contribution in [-0.2, 0) is 16.4 Å². The zero-order valence-corrected chi connectivity index (χ0v) is 11.2. The van der Waals surface area contributed by atoms with Crippen LogP contribution in [0.2, 0.25) is 0 Å². The van der Waals surface area contributed by atoms with Crippen molar-refractivity contribution in [2.75, 3.05) is 25.6 Å². The van der Waals surface area contributed by atoms with Crippen LogP contribution < -0.4 is 11.3 Å². The summed E-state index contributed by atoms with van der Waals surface area (Å²) in [6.45, 7) is 0.825. The lowest BCUT2D eigenvalue weighted by Crippen LogP contribution is -2.29. The average molecular weight is 275 g/mol. The van der Waals surface area contributed by atoms with Gasteiger partial charge in [-0.3, -0.25) is 15.1 Å². The van der Waals surface area contributed by atoms with E-state index < -0.39 is 15.7 Å². The Morgan fingerprint density at radius 3 is 2.72 bits per heavy atom. The molecule has 1 aromatic heterocycles. The third-order valence-electron chi connectivity index (χ3n) is 2.29. The van der Waals surface area contributed by atoms with Crippen LogP contribution in [0.1, 0.15) is 16.3 Å². The SMILES string of the molecule is CN(CCS(C)(=O)=O)Cc1ccc(C(=O)NN)o1. The first-order valence-corrected chi connectivity index (χ1v) is 7.34. The molecular formula is C10H17N3O4S. The zero-order valence-electron chi connectivity index (χ0n) is 10.3. The minimum Gasteiger partial charge on any atom is -0.455 e. The van der Waals surface area contributed by atoms with Gasteiger partial charge in [0.05, 0.1) is 12.3 Å². The molecule has 0 bridgehead atoms. The molecular weight excluding hydrogens is 258 g/mol. The van der Waals surface area contributed by atoms with Crippen molar-refractivity contribution in [3.63, 3.8) is 0 Å². The van der Waals surface area contributed by atoms with Gasteiger partial charge in [-0.1, -0.05) is 0 Å². The first-order chi connectivity index (χ1) is 8.31. The molecule has 1 rings (SSSR count). The predicted molar refractivity (Wildman–Crippen MR) is 66.4 cm³/mol. The fraction of sp³-hybridized carbons (Fsp3) is 0.500. The minimum atomic E-state index is -2.98. The van der Waals surface area contributed by atoms with E-state index in [1.165, 1.54) is 12.3 Å². The molecule has 0 saturated heterocycles. The van der Waals surface area contributed by atoms with Crippen molar-refractivity contribution in [3.8, 4) is 0 Å². The largest absolute Gasteiger partial charge is 0.455 e. The third kappa shape index (κ3) is 4.86. The van der Waals surface area contributed by atoms with Gasteiger partial charge in [-0.25, -0.2) is 14.3 Å². The molecule has 8 heteroatoms. The highest BCUT2D eigenvalue weighted by atomic mass is 32.2. The van der Waals surface area contributed by atoms with Gasteiger partial charge in [-0.05, 0) is 19.2 Å². The molecule has 102 valence electrons. The van der Waals surface area contributed by atoms with E-state index in [1.54, 1.807) is 18.0 Å². The number of nitrogens with two attached hydrogens (primary N) is 1. The second-order valence-corrected chi connectivity index (χ2v) is 6.37. The van der Waals surface area contributed by atoms with Crippen LogP contribution >= 0.6 is 0 Å². The number of carbonyl (C=O) groups is 1. The number of rotatable bonds is 6. The highest BCUT2D eigenvalue weighted by molar-refractivity contribution is 7.90. The number of furan rings is 1. The average Bonchev–Trinajstić information content (AvgIpc) is 2.73. The van der Waals surface area contributed by atoms with Crippen LogP contribution in [0.15, 0.2) is 16.5 Å². The highest BCUT2D eigenvalue weighted by Crippen LogP contribution is 2.09. The Hall–Kier alpha value is -1.38. The van der Waals surface area contributed by atoms with Crippen LogP contribution in [0.5, 0.6) is 0 Å². The van der Waals surface area contributed by atoms with Crippen molar-refractivity contribution in [1.82, 2.24) is 10.3 Å². The second-order valence-electron chi connectivity index (χ2n) is 4.11. The predicted octanol–water partition coefficient (Wildman–Crippen LogP) is -0.640.